The number of phenols is 2. The van der Waals surface area contributed by atoms with Crippen molar-refractivity contribution in [1.82, 2.24) is 0 Å². The minimum Gasteiger partial charge on any atom is -0.507 e. The SMILES string of the molecule is CO[C@H]1[C@H](O[C@H]2C[C@@](C)(O)Cc3cc4c(c(O)c32)C(=O)c2c(O)cccc2C4=O)O[C@@H](C)[C@H](O)[C@H]1O. The van der Waals surface area contributed by atoms with Gasteiger partial charge in [-0.15, -0.1) is 0 Å². The van der Waals surface area contributed by atoms with Crippen LogP contribution in [0.15, 0.2) is 24.3 Å². The normalized spacial score (nSPS) is 33.6. The fourth-order valence-corrected chi connectivity index (χ4v) is 5.52. The third-order valence-electron chi connectivity index (χ3n) is 7.29. The minimum atomic E-state index is -1.32. The molecule has 0 amide bonds. The lowest BCUT2D eigenvalue weighted by Gasteiger charge is -2.44. The van der Waals surface area contributed by atoms with Gasteiger partial charge in [0.25, 0.3) is 0 Å². The molecule has 7 atom stereocenters. The van der Waals surface area contributed by atoms with Gasteiger partial charge < -0.3 is 39.7 Å². The molecule has 0 bridgehead atoms. The van der Waals surface area contributed by atoms with Crippen LogP contribution < -0.4 is 0 Å². The Kier molecular flexibility index (Phi) is 5.94. The molecule has 10 heteroatoms. The van der Waals surface area contributed by atoms with E-state index in [0.717, 1.165) is 0 Å². The molecule has 1 aliphatic heterocycles. The van der Waals surface area contributed by atoms with Crippen LogP contribution in [-0.4, -0.2) is 80.5 Å². The number of fused-ring (bicyclic) bond motifs is 3. The van der Waals surface area contributed by atoms with Crippen LogP contribution in [0.4, 0.5) is 0 Å². The van der Waals surface area contributed by atoms with Crippen LogP contribution in [-0.2, 0) is 20.6 Å². The maximum absolute atomic E-state index is 13.4. The first-order chi connectivity index (χ1) is 16.9. The smallest absolute Gasteiger partial charge is 0.201 e. The van der Waals surface area contributed by atoms with Crippen molar-refractivity contribution in [3.05, 3.63) is 57.6 Å². The first-order valence-electron chi connectivity index (χ1n) is 11.7. The second-order valence-corrected chi connectivity index (χ2v) is 9.97. The van der Waals surface area contributed by atoms with Gasteiger partial charge in [0.05, 0.1) is 28.9 Å². The van der Waals surface area contributed by atoms with E-state index in [2.05, 4.69) is 0 Å². The number of phenolic OH excluding ortho intramolecular Hbond substituents is 2. The first-order valence-corrected chi connectivity index (χ1v) is 11.7. The number of aliphatic hydroxyl groups excluding tert-OH is 2. The predicted octanol–water partition coefficient (Wildman–Crippen LogP) is 1.11. The molecule has 2 aromatic carbocycles. The molecule has 3 aliphatic rings. The second-order valence-electron chi connectivity index (χ2n) is 9.97. The standard InChI is InChI=1S/C26H28O10/c1-10-19(28)23(32)24(34-3)25(35-10)36-15-9-26(2,33)8-11-7-13-18(21(30)16(11)15)22(31)17-12(20(13)29)5-4-6-14(17)27/h4-7,10,15,19,23-25,27-28,30,32-33H,8-9H2,1-3H3/t10-,15-,19-,23+,24+,25-,26-/m0/s1. The number of aromatic hydroxyl groups is 2. The minimum absolute atomic E-state index is 0.000353. The summed E-state index contributed by atoms with van der Waals surface area (Å²) in [4.78, 5) is 26.6. The van der Waals surface area contributed by atoms with Crippen LogP contribution in [0.2, 0.25) is 0 Å². The number of rotatable bonds is 3. The number of carbonyl (C=O) groups is 2. The van der Waals surface area contributed by atoms with Crippen LogP contribution in [0.25, 0.3) is 0 Å². The summed E-state index contributed by atoms with van der Waals surface area (Å²) in [5.74, 6) is -2.08. The van der Waals surface area contributed by atoms with E-state index in [1.807, 2.05) is 0 Å². The number of ether oxygens (including phenoxy) is 3. The fourth-order valence-electron chi connectivity index (χ4n) is 5.52. The van der Waals surface area contributed by atoms with Gasteiger partial charge >= 0.3 is 0 Å². The number of benzene rings is 2. The van der Waals surface area contributed by atoms with Crippen LogP contribution in [0.3, 0.4) is 0 Å². The number of hydrogen-bond donors (Lipinski definition) is 5. The van der Waals surface area contributed by atoms with Crippen molar-refractivity contribution >= 4 is 11.6 Å². The molecule has 1 heterocycles. The van der Waals surface area contributed by atoms with Gasteiger partial charge in [0.15, 0.2) is 12.1 Å². The van der Waals surface area contributed by atoms with E-state index in [9.17, 15) is 35.1 Å². The van der Waals surface area contributed by atoms with Crippen molar-refractivity contribution in [1.29, 1.82) is 0 Å². The van der Waals surface area contributed by atoms with Crippen LogP contribution in [0.1, 0.15) is 69.3 Å². The summed E-state index contributed by atoms with van der Waals surface area (Å²) < 4.78 is 17.2. The summed E-state index contributed by atoms with van der Waals surface area (Å²) in [6.45, 7) is 3.14. The number of hydrogen-bond acceptors (Lipinski definition) is 10. The Hall–Kier alpha value is -2.86. The van der Waals surface area contributed by atoms with Crippen LogP contribution in [0.5, 0.6) is 11.5 Å². The zero-order valence-electron chi connectivity index (χ0n) is 20.0. The zero-order valence-corrected chi connectivity index (χ0v) is 20.0. The molecule has 2 aromatic rings. The third-order valence-corrected chi connectivity index (χ3v) is 7.29. The number of ketones is 2. The molecule has 1 fully saturated rings. The summed E-state index contributed by atoms with van der Waals surface area (Å²) in [6.07, 6.45) is -6.51. The monoisotopic (exact) mass is 500 g/mol. The molecule has 0 aromatic heterocycles. The lowest BCUT2D eigenvalue weighted by atomic mass is 9.74. The number of aliphatic hydroxyl groups is 3. The highest BCUT2D eigenvalue weighted by Crippen LogP contribution is 2.48. The molecule has 0 unspecified atom stereocenters. The van der Waals surface area contributed by atoms with E-state index in [-0.39, 0.29) is 46.4 Å². The maximum atomic E-state index is 13.4. The summed E-state index contributed by atoms with van der Waals surface area (Å²) >= 11 is 0. The molecule has 10 nitrogen and oxygen atoms in total. The molecular formula is C26H28O10. The van der Waals surface area contributed by atoms with E-state index in [0.29, 0.717) is 5.56 Å². The van der Waals surface area contributed by atoms with Crippen molar-refractivity contribution in [2.24, 2.45) is 0 Å². The molecule has 0 saturated carbocycles. The molecule has 0 radical (unpaired) electrons. The van der Waals surface area contributed by atoms with Crippen LogP contribution >= 0.6 is 0 Å². The number of methoxy groups -OCH3 is 1. The summed E-state index contributed by atoms with van der Waals surface area (Å²) in [7, 11) is 1.32. The summed E-state index contributed by atoms with van der Waals surface area (Å²) in [5.41, 5.74) is -1.12. The van der Waals surface area contributed by atoms with E-state index in [4.69, 9.17) is 14.2 Å². The first kappa shape index (κ1) is 24.8. The predicted molar refractivity (Wildman–Crippen MR) is 123 cm³/mol. The van der Waals surface area contributed by atoms with Gasteiger partial charge in [0.1, 0.15) is 29.8 Å². The lowest BCUT2D eigenvalue weighted by Crippen LogP contribution is -2.58. The Morgan fingerprint density at radius 2 is 1.78 bits per heavy atom. The number of carbonyl (C=O) groups excluding carboxylic acids is 2. The average molecular weight is 501 g/mol. The fraction of sp³-hybridized carbons (Fsp3) is 0.462. The Morgan fingerprint density at radius 3 is 2.47 bits per heavy atom. The summed E-state index contributed by atoms with van der Waals surface area (Å²) in [5, 5.41) is 53.2. The highest BCUT2D eigenvalue weighted by molar-refractivity contribution is 6.30. The molecule has 36 heavy (non-hydrogen) atoms. The van der Waals surface area contributed by atoms with Crippen molar-refractivity contribution in [3.8, 4) is 11.5 Å². The Labute approximate surface area is 206 Å². The molecule has 2 aliphatic carbocycles. The van der Waals surface area contributed by atoms with E-state index < -0.39 is 59.7 Å². The highest BCUT2D eigenvalue weighted by atomic mass is 16.7. The van der Waals surface area contributed by atoms with Crippen molar-refractivity contribution < 1.29 is 49.3 Å². The van der Waals surface area contributed by atoms with E-state index >= 15 is 0 Å². The molecule has 1 saturated heterocycles. The molecule has 0 spiro atoms. The third kappa shape index (κ3) is 3.73. The topological polar surface area (TPSA) is 163 Å². The van der Waals surface area contributed by atoms with Gasteiger partial charge in [-0.3, -0.25) is 9.59 Å². The van der Waals surface area contributed by atoms with E-state index in [1.54, 1.807) is 13.8 Å². The molecule has 5 rings (SSSR count). The average Bonchev–Trinajstić information content (AvgIpc) is 2.80. The largest absolute Gasteiger partial charge is 0.507 e. The Morgan fingerprint density at radius 1 is 1.06 bits per heavy atom. The van der Waals surface area contributed by atoms with Crippen molar-refractivity contribution in [3.63, 3.8) is 0 Å². The van der Waals surface area contributed by atoms with Crippen molar-refractivity contribution in [2.45, 2.75) is 69.1 Å². The second kappa shape index (κ2) is 8.62. The molecular weight excluding hydrogens is 472 g/mol. The molecule has 5 N–H and O–H groups in total. The van der Waals surface area contributed by atoms with Crippen molar-refractivity contribution in [2.75, 3.05) is 7.11 Å². The Balaban J connectivity index is 1.61. The quantitative estimate of drug-likeness (QED) is 0.352. The highest BCUT2D eigenvalue weighted by Gasteiger charge is 2.48. The maximum Gasteiger partial charge on any atom is 0.201 e. The van der Waals surface area contributed by atoms with Crippen LogP contribution in [0, 0.1) is 0 Å². The van der Waals surface area contributed by atoms with E-state index in [1.165, 1.54) is 31.4 Å². The molecule has 192 valence electrons. The lowest BCUT2D eigenvalue weighted by molar-refractivity contribution is -0.313. The zero-order chi connectivity index (χ0) is 26.1. The van der Waals surface area contributed by atoms with Gasteiger partial charge in [-0.1, -0.05) is 12.1 Å². The van der Waals surface area contributed by atoms with Gasteiger partial charge in [0, 0.05) is 36.6 Å². The van der Waals surface area contributed by atoms with Gasteiger partial charge in [0.2, 0.25) is 5.78 Å². The van der Waals surface area contributed by atoms with Gasteiger partial charge in [-0.05, 0) is 31.5 Å². The summed E-state index contributed by atoms with van der Waals surface area (Å²) in [6, 6.07) is 5.65. The van der Waals surface area contributed by atoms with Gasteiger partial charge in [-0.2, -0.15) is 0 Å². The Bertz CT molecular complexity index is 1250. The van der Waals surface area contributed by atoms with Gasteiger partial charge in [-0.25, -0.2) is 0 Å².